The Morgan fingerprint density at radius 1 is 0.938 bits per heavy atom. The molecular weight excluding hydrogens is 490 g/mol. The second-order valence-corrected chi connectivity index (χ2v) is 9.46. The van der Waals surface area contributed by atoms with Crippen LogP contribution in [0.1, 0.15) is 5.56 Å². The quantitative estimate of drug-likeness (QED) is 0.321. The van der Waals surface area contributed by atoms with Gasteiger partial charge >= 0.3 is 6.18 Å². The highest BCUT2D eigenvalue weighted by Gasteiger charge is 2.31. The molecule has 0 aliphatic heterocycles. The zero-order valence-electron chi connectivity index (χ0n) is 15.7. The molecular formula is C21H12Cl2F3NO4S. The van der Waals surface area contributed by atoms with Crippen LogP contribution in [0.3, 0.4) is 0 Å². The number of fused-ring (bicyclic) bond motifs is 1. The molecule has 0 fully saturated rings. The predicted octanol–water partition coefficient (Wildman–Crippen LogP) is 6.82. The van der Waals surface area contributed by atoms with Crippen molar-refractivity contribution >= 4 is 43.9 Å². The molecule has 5 nitrogen and oxygen atoms in total. The summed E-state index contributed by atoms with van der Waals surface area (Å²) in [5, 5.41) is 9.88. The molecule has 11 heteroatoms. The van der Waals surface area contributed by atoms with Crippen molar-refractivity contribution in [1.29, 1.82) is 0 Å². The normalized spacial score (nSPS) is 12.3. The van der Waals surface area contributed by atoms with Gasteiger partial charge in [-0.2, -0.15) is 13.2 Å². The average molecular weight is 502 g/mol. The van der Waals surface area contributed by atoms with Crippen LogP contribution in [-0.4, -0.2) is 18.5 Å². The SMILES string of the molecule is O=S(=O)(c1ccc(C(F)(F)F)cc1)c1c[nH]c2ccc(Oc3c(Cl)cc(O)cc3Cl)cc12. The van der Waals surface area contributed by atoms with Gasteiger partial charge in [0.2, 0.25) is 9.84 Å². The molecule has 0 unspecified atom stereocenters. The summed E-state index contributed by atoms with van der Waals surface area (Å²) in [6, 6.07) is 10.3. The number of benzene rings is 3. The molecule has 0 atom stereocenters. The summed E-state index contributed by atoms with van der Waals surface area (Å²) >= 11 is 12.1. The van der Waals surface area contributed by atoms with Gasteiger partial charge in [-0.05, 0) is 42.5 Å². The number of aromatic nitrogens is 1. The molecule has 0 saturated heterocycles. The van der Waals surface area contributed by atoms with E-state index in [1.54, 1.807) is 12.1 Å². The highest BCUT2D eigenvalue weighted by Crippen LogP contribution is 2.40. The van der Waals surface area contributed by atoms with E-state index >= 15 is 0 Å². The minimum Gasteiger partial charge on any atom is -0.508 e. The third kappa shape index (κ3) is 4.11. The highest BCUT2D eigenvalue weighted by molar-refractivity contribution is 7.91. The lowest BCUT2D eigenvalue weighted by Crippen LogP contribution is -2.06. The predicted molar refractivity (Wildman–Crippen MR) is 113 cm³/mol. The van der Waals surface area contributed by atoms with Crippen molar-refractivity contribution in [2.24, 2.45) is 0 Å². The van der Waals surface area contributed by atoms with Gasteiger partial charge in [-0.3, -0.25) is 0 Å². The molecule has 0 aliphatic rings. The topological polar surface area (TPSA) is 79.4 Å². The van der Waals surface area contributed by atoms with Gasteiger partial charge in [0.15, 0.2) is 5.75 Å². The zero-order chi connectivity index (χ0) is 23.3. The van der Waals surface area contributed by atoms with Crippen LogP contribution in [0.4, 0.5) is 13.2 Å². The molecule has 0 radical (unpaired) electrons. The molecule has 1 heterocycles. The van der Waals surface area contributed by atoms with Crippen molar-refractivity contribution in [1.82, 2.24) is 4.98 Å². The van der Waals surface area contributed by atoms with Crippen LogP contribution in [0.25, 0.3) is 10.9 Å². The Labute approximate surface area is 189 Å². The molecule has 3 aromatic carbocycles. The van der Waals surface area contributed by atoms with Crippen LogP contribution in [-0.2, 0) is 16.0 Å². The van der Waals surface area contributed by atoms with Gasteiger partial charge in [-0.25, -0.2) is 8.42 Å². The zero-order valence-corrected chi connectivity index (χ0v) is 18.1. The number of aromatic amines is 1. The number of hydrogen-bond acceptors (Lipinski definition) is 4. The fraction of sp³-hybridized carbons (Fsp3) is 0.0476. The maximum atomic E-state index is 13.1. The third-order valence-electron chi connectivity index (χ3n) is 4.60. The first-order chi connectivity index (χ1) is 15.0. The monoisotopic (exact) mass is 501 g/mol. The van der Waals surface area contributed by atoms with E-state index in [1.165, 1.54) is 24.4 Å². The van der Waals surface area contributed by atoms with Crippen molar-refractivity contribution in [3.8, 4) is 17.2 Å². The maximum absolute atomic E-state index is 13.1. The number of sulfone groups is 1. The van der Waals surface area contributed by atoms with Crippen molar-refractivity contribution in [3.63, 3.8) is 0 Å². The number of phenols is 1. The Hall–Kier alpha value is -2.88. The molecule has 166 valence electrons. The van der Waals surface area contributed by atoms with E-state index < -0.39 is 21.6 Å². The van der Waals surface area contributed by atoms with E-state index in [0.717, 1.165) is 12.1 Å². The van der Waals surface area contributed by atoms with Crippen molar-refractivity contribution < 1.29 is 31.4 Å². The van der Waals surface area contributed by atoms with E-state index in [1.807, 2.05) is 0 Å². The van der Waals surface area contributed by atoms with Crippen molar-refractivity contribution in [2.45, 2.75) is 16.0 Å². The second-order valence-electron chi connectivity index (χ2n) is 6.73. The number of halogens is 5. The van der Waals surface area contributed by atoms with Gasteiger partial charge in [-0.1, -0.05) is 23.2 Å². The smallest absolute Gasteiger partial charge is 0.416 e. The maximum Gasteiger partial charge on any atom is 0.416 e. The largest absolute Gasteiger partial charge is 0.508 e. The molecule has 0 aliphatic carbocycles. The van der Waals surface area contributed by atoms with Crippen molar-refractivity contribution in [3.05, 3.63) is 76.4 Å². The lowest BCUT2D eigenvalue weighted by Gasteiger charge is -2.11. The van der Waals surface area contributed by atoms with Gasteiger partial charge in [0.25, 0.3) is 0 Å². The molecule has 0 bridgehead atoms. The Morgan fingerprint density at radius 2 is 1.56 bits per heavy atom. The lowest BCUT2D eigenvalue weighted by molar-refractivity contribution is -0.137. The van der Waals surface area contributed by atoms with E-state index in [-0.39, 0.29) is 42.5 Å². The number of H-pyrrole nitrogens is 1. The Kier molecular flexibility index (Phi) is 5.52. The van der Waals surface area contributed by atoms with Crippen LogP contribution in [0.15, 0.2) is 70.6 Å². The number of rotatable bonds is 4. The molecule has 0 saturated carbocycles. The van der Waals surface area contributed by atoms with Crippen LogP contribution >= 0.6 is 23.2 Å². The van der Waals surface area contributed by atoms with Crippen LogP contribution in [0.2, 0.25) is 10.0 Å². The summed E-state index contributed by atoms with van der Waals surface area (Å²) in [5.41, 5.74) is -0.487. The third-order valence-corrected chi connectivity index (χ3v) is 6.97. The first kappa shape index (κ1) is 22.3. The molecule has 4 rings (SSSR count). The Bertz CT molecular complexity index is 1410. The van der Waals surface area contributed by atoms with Gasteiger partial charge in [-0.15, -0.1) is 0 Å². The number of phenolic OH excluding ortho intramolecular Hbond substituents is 1. The summed E-state index contributed by atoms with van der Waals surface area (Å²) in [7, 11) is -4.14. The molecule has 0 amide bonds. The molecule has 32 heavy (non-hydrogen) atoms. The minimum atomic E-state index is -4.58. The number of nitrogens with one attached hydrogen (secondary N) is 1. The first-order valence-corrected chi connectivity index (χ1v) is 11.1. The van der Waals surface area contributed by atoms with E-state index in [4.69, 9.17) is 27.9 Å². The summed E-state index contributed by atoms with van der Waals surface area (Å²) in [4.78, 5) is 2.39. The summed E-state index contributed by atoms with van der Waals surface area (Å²) in [5.74, 6) is 0.113. The standard InChI is InChI=1S/C21H12Cl2F3NO4S/c22-16-7-12(28)8-17(23)20(16)31-13-3-6-18-15(9-13)19(10-27-18)32(29,30)14-4-1-11(2-5-14)21(24,25)26/h1-10,27-28H. The number of hydrogen-bond donors (Lipinski definition) is 2. The van der Waals surface area contributed by atoms with Gasteiger partial charge < -0.3 is 14.8 Å². The summed E-state index contributed by atoms with van der Waals surface area (Å²) in [6.45, 7) is 0. The van der Waals surface area contributed by atoms with Crippen molar-refractivity contribution in [2.75, 3.05) is 0 Å². The number of ether oxygens (including phenoxy) is 1. The van der Waals surface area contributed by atoms with Crippen LogP contribution in [0.5, 0.6) is 17.2 Å². The fourth-order valence-electron chi connectivity index (χ4n) is 3.07. The number of alkyl halides is 3. The van der Waals surface area contributed by atoms with E-state index in [0.29, 0.717) is 17.6 Å². The minimum absolute atomic E-state index is 0.0433. The fourth-order valence-corrected chi connectivity index (χ4v) is 5.05. The highest BCUT2D eigenvalue weighted by atomic mass is 35.5. The number of aromatic hydroxyl groups is 1. The van der Waals surface area contributed by atoms with Crippen LogP contribution < -0.4 is 4.74 Å². The Balaban J connectivity index is 1.75. The second kappa shape index (κ2) is 7.91. The average Bonchev–Trinajstić information content (AvgIpc) is 3.14. The molecule has 1 aromatic heterocycles. The Morgan fingerprint density at radius 3 is 2.16 bits per heavy atom. The van der Waals surface area contributed by atoms with Crippen LogP contribution in [0, 0.1) is 0 Å². The lowest BCUT2D eigenvalue weighted by atomic mass is 10.2. The van der Waals surface area contributed by atoms with E-state index in [9.17, 15) is 26.7 Å². The van der Waals surface area contributed by atoms with Gasteiger partial charge in [0.05, 0.1) is 25.4 Å². The van der Waals surface area contributed by atoms with Gasteiger partial charge in [0, 0.05) is 29.2 Å². The molecule has 4 aromatic rings. The van der Waals surface area contributed by atoms with Gasteiger partial charge in [0.1, 0.15) is 11.5 Å². The first-order valence-electron chi connectivity index (χ1n) is 8.86. The summed E-state index contributed by atoms with van der Waals surface area (Å²) < 4.78 is 70.2. The van der Waals surface area contributed by atoms with E-state index in [2.05, 4.69) is 4.98 Å². The summed E-state index contributed by atoms with van der Waals surface area (Å²) in [6.07, 6.45) is -3.33. The molecule has 0 spiro atoms. The molecule has 2 N–H and O–H groups in total.